The molecule has 7 nitrogen and oxygen atoms in total. The van der Waals surface area contributed by atoms with Crippen molar-refractivity contribution in [2.45, 2.75) is 25.8 Å². The average molecular weight is 342 g/mol. The van der Waals surface area contributed by atoms with E-state index in [4.69, 9.17) is 10.5 Å². The summed E-state index contributed by atoms with van der Waals surface area (Å²) in [6, 6.07) is 8.26. The second kappa shape index (κ2) is 8.11. The molecule has 1 aliphatic heterocycles. The number of nitrogens with two attached hydrogens (primary N) is 1. The molecule has 3 rings (SSSR count). The van der Waals surface area contributed by atoms with E-state index in [1.165, 1.54) is 0 Å². The lowest BCUT2D eigenvalue weighted by Gasteiger charge is -2.20. The molecule has 1 fully saturated rings. The van der Waals surface area contributed by atoms with Crippen molar-refractivity contribution in [3.63, 3.8) is 0 Å². The van der Waals surface area contributed by atoms with Gasteiger partial charge in [-0.1, -0.05) is 18.2 Å². The minimum atomic E-state index is 0.205. The molecule has 1 aromatic heterocycles. The van der Waals surface area contributed by atoms with E-state index in [1.54, 1.807) is 6.33 Å². The van der Waals surface area contributed by atoms with E-state index < -0.39 is 0 Å². The van der Waals surface area contributed by atoms with Crippen LogP contribution in [0, 0.1) is 6.92 Å². The van der Waals surface area contributed by atoms with E-state index in [1.807, 2.05) is 30.1 Å². The quantitative estimate of drug-likeness (QED) is 0.766. The van der Waals surface area contributed by atoms with Crippen LogP contribution >= 0.6 is 0 Å². The lowest BCUT2D eigenvalue weighted by molar-refractivity contribution is 0.310. The first-order chi connectivity index (χ1) is 12.1. The first-order valence-electron chi connectivity index (χ1n) is 8.72. The van der Waals surface area contributed by atoms with E-state index in [0.717, 1.165) is 43.8 Å². The number of hydrogen-bond acceptors (Lipinski definition) is 7. The summed E-state index contributed by atoms with van der Waals surface area (Å²) in [6.07, 6.45) is 3.44. The standard InChI is InChI=1S/C18H26N6O/c1-14-6-3-4-7-16(14)25-11-5-9-23(2)17-20-13-21-18(22-17)24-10-8-15(19)12-24/h3-4,6-7,13,15H,5,8-12,19H2,1-2H3. The summed E-state index contributed by atoms with van der Waals surface area (Å²) in [7, 11) is 1.99. The second-order valence-corrected chi connectivity index (χ2v) is 6.47. The van der Waals surface area contributed by atoms with Crippen LogP contribution in [-0.4, -0.2) is 54.3 Å². The largest absolute Gasteiger partial charge is 0.493 e. The number of hydrogen-bond donors (Lipinski definition) is 1. The Morgan fingerprint density at radius 2 is 2.16 bits per heavy atom. The fourth-order valence-electron chi connectivity index (χ4n) is 2.89. The number of nitrogens with zero attached hydrogens (tertiary/aromatic N) is 5. The molecule has 0 spiro atoms. The van der Waals surface area contributed by atoms with Crippen molar-refractivity contribution in [1.29, 1.82) is 0 Å². The monoisotopic (exact) mass is 342 g/mol. The Morgan fingerprint density at radius 1 is 1.32 bits per heavy atom. The predicted octanol–water partition coefficient (Wildman–Crippen LogP) is 1.62. The molecule has 2 aromatic rings. The van der Waals surface area contributed by atoms with Crippen molar-refractivity contribution >= 4 is 11.9 Å². The van der Waals surface area contributed by atoms with Crippen molar-refractivity contribution in [3.8, 4) is 5.75 Å². The number of aromatic nitrogens is 3. The van der Waals surface area contributed by atoms with Gasteiger partial charge in [0.15, 0.2) is 0 Å². The van der Waals surface area contributed by atoms with E-state index in [-0.39, 0.29) is 6.04 Å². The summed E-state index contributed by atoms with van der Waals surface area (Å²) < 4.78 is 5.84. The van der Waals surface area contributed by atoms with Crippen molar-refractivity contribution in [2.24, 2.45) is 5.73 Å². The Kier molecular flexibility index (Phi) is 5.65. The molecule has 0 aliphatic carbocycles. The topological polar surface area (TPSA) is 80.4 Å². The molecule has 1 aliphatic rings. The van der Waals surface area contributed by atoms with E-state index in [2.05, 4.69) is 32.8 Å². The van der Waals surface area contributed by atoms with Gasteiger partial charge in [-0.15, -0.1) is 0 Å². The molecule has 25 heavy (non-hydrogen) atoms. The summed E-state index contributed by atoms with van der Waals surface area (Å²) in [4.78, 5) is 17.3. The normalized spacial score (nSPS) is 16.9. The molecule has 7 heteroatoms. The first-order valence-corrected chi connectivity index (χ1v) is 8.72. The van der Waals surface area contributed by atoms with Crippen LogP contribution in [0.2, 0.25) is 0 Å². The first kappa shape index (κ1) is 17.4. The maximum absolute atomic E-state index is 5.96. The van der Waals surface area contributed by atoms with E-state index in [0.29, 0.717) is 18.5 Å². The lowest BCUT2D eigenvalue weighted by atomic mass is 10.2. The summed E-state index contributed by atoms with van der Waals surface area (Å²) in [6.45, 7) is 5.23. The molecule has 0 saturated carbocycles. The number of anilines is 2. The van der Waals surface area contributed by atoms with Crippen LogP contribution in [-0.2, 0) is 0 Å². The van der Waals surface area contributed by atoms with Crippen molar-refractivity contribution in [3.05, 3.63) is 36.2 Å². The molecule has 1 aromatic carbocycles. The molecule has 0 radical (unpaired) electrons. The molecule has 2 heterocycles. The fourth-order valence-corrected chi connectivity index (χ4v) is 2.89. The van der Waals surface area contributed by atoms with Gasteiger partial charge in [-0.3, -0.25) is 0 Å². The van der Waals surface area contributed by atoms with Gasteiger partial charge in [-0.05, 0) is 31.4 Å². The number of rotatable bonds is 7. The smallest absolute Gasteiger partial charge is 0.230 e. The van der Waals surface area contributed by atoms with Crippen molar-refractivity contribution < 1.29 is 4.74 Å². The Hall–Kier alpha value is -2.41. The summed E-state index contributed by atoms with van der Waals surface area (Å²) >= 11 is 0. The highest BCUT2D eigenvalue weighted by molar-refractivity contribution is 5.38. The number of para-hydroxylation sites is 1. The van der Waals surface area contributed by atoms with Gasteiger partial charge < -0.3 is 20.3 Å². The third-order valence-corrected chi connectivity index (χ3v) is 4.38. The minimum Gasteiger partial charge on any atom is -0.493 e. The lowest BCUT2D eigenvalue weighted by Crippen LogP contribution is -2.29. The number of aryl methyl sites for hydroxylation is 1. The van der Waals surface area contributed by atoms with Gasteiger partial charge >= 0.3 is 0 Å². The van der Waals surface area contributed by atoms with Crippen molar-refractivity contribution in [1.82, 2.24) is 15.0 Å². The van der Waals surface area contributed by atoms with Crippen LogP contribution in [0.3, 0.4) is 0 Å². The Morgan fingerprint density at radius 3 is 2.92 bits per heavy atom. The predicted molar refractivity (Wildman–Crippen MR) is 99.2 cm³/mol. The zero-order valence-electron chi connectivity index (χ0n) is 14.9. The fraction of sp³-hybridized carbons (Fsp3) is 0.500. The van der Waals surface area contributed by atoms with Gasteiger partial charge in [-0.2, -0.15) is 4.98 Å². The minimum absolute atomic E-state index is 0.205. The molecular formula is C18H26N6O. The summed E-state index contributed by atoms with van der Waals surface area (Å²) in [5.74, 6) is 2.33. The third-order valence-electron chi connectivity index (χ3n) is 4.38. The molecular weight excluding hydrogens is 316 g/mol. The number of ether oxygens (including phenoxy) is 1. The zero-order chi connectivity index (χ0) is 17.6. The molecule has 0 bridgehead atoms. The van der Waals surface area contributed by atoms with Crippen LogP contribution in [0.4, 0.5) is 11.9 Å². The highest BCUT2D eigenvalue weighted by Gasteiger charge is 2.22. The zero-order valence-corrected chi connectivity index (χ0v) is 14.9. The molecule has 1 unspecified atom stereocenters. The Labute approximate surface area is 148 Å². The van der Waals surface area contributed by atoms with Crippen molar-refractivity contribution in [2.75, 3.05) is 43.1 Å². The van der Waals surface area contributed by atoms with Crippen LogP contribution in [0.15, 0.2) is 30.6 Å². The maximum Gasteiger partial charge on any atom is 0.230 e. The van der Waals surface area contributed by atoms with Gasteiger partial charge in [-0.25, -0.2) is 9.97 Å². The van der Waals surface area contributed by atoms with Gasteiger partial charge in [0, 0.05) is 32.7 Å². The SMILES string of the molecule is Cc1ccccc1OCCCN(C)c1ncnc(N2CCC(N)C2)n1. The van der Waals surface area contributed by atoms with E-state index in [9.17, 15) is 0 Å². The van der Waals surface area contributed by atoms with Crippen LogP contribution < -0.4 is 20.3 Å². The van der Waals surface area contributed by atoms with Gasteiger partial charge in [0.05, 0.1) is 6.61 Å². The highest BCUT2D eigenvalue weighted by atomic mass is 16.5. The Balaban J connectivity index is 1.50. The van der Waals surface area contributed by atoms with Crippen LogP contribution in [0.25, 0.3) is 0 Å². The van der Waals surface area contributed by atoms with Gasteiger partial charge in [0.1, 0.15) is 12.1 Å². The number of benzene rings is 1. The molecule has 1 atom stereocenters. The molecule has 2 N–H and O–H groups in total. The second-order valence-electron chi connectivity index (χ2n) is 6.47. The summed E-state index contributed by atoms with van der Waals surface area (Å²) in [5, 5.41) is 0. The van der Waals surface area contributed by atoms with Crippen LogP contribution in [0.1, 0.15) is 18.4 Å². The van der Waals surface area contributed by atoms with Gasteiger partial charge in [0.2, 0.25) is 11.9 Å². The maximum atomic E-state index is 5.96. The average Bonchev–Trinajstić information content (AvgIpc) is 3.06. The Bertz CT molecular complexity index is 695. The van der Waals surface area contributed by atoms with Crippen LogP contribution in [0.5, 0.6) is 5.75 Å². The third kappa shape index (κ3) is 4.57. The van der Waals surface area contributed by atoms with E-state index >= 15 is 0 Å². The molecule has 1 saturated heterocycles. The van der Waals surface area contributed by atoms with Gasteiger partial charge in [0.25, 0.3) is 0 Å². The summed E-state index contributed by atoms with van der Waals surface area (Å²) in [5.41, 5.74) is 7.12. The highest BCUT2D eigenvalue weighted by Crippen LogP contribution is 2.18. The molecule has 0 amide bonds. The molecule has 134 valence electrons.